The molecule has 0 aromatic heterocycles. The van der Waals surface area contributed by atoms with Gasteiger partial charge in [0.25, 0.3) is 0 Å². The molecule has 2 amide bonds. The van der Waals surface area contributed by atoms with Gasteiger partial charge in [-0.3, -0.25) is 9.59 Å². The summed E-state index contributed by atoms with van der Waals surface area (Å²) in [7, 11) is 0. The van der Waals surface area contributed by atoms with Crippen molar-refractivity contribution in [3.8, 4) is 0 Å². The molecule has 0 bridgehead atoms. The zero-order valence-electron chi connectivity index (χ0n) is 13.7. The third-order valence-electron chi connectivity index (χ3n) is 5.02. The predicted octanol–water partition coefficient (Wildman–Crippen LogP) is 3.50. The molecule has 0 radical (unpaired) electrons. The van der Waals surface area contributed by atoms with Gasteiger partial charge < -0.3 is 10.2 Å². The number of para-hydroxylation sites is 1. The van der Waals surface area contributed by atoms with E-state index in [-0.39, 0.29) is 23.7 Å². The summed E-state index contributed by atoms with van der Waals surface area (Å²) >= 11 is 6.07. The van der Waals surface area contributed by atoms with E-state index in [2.05, 4.69) is 17.4 Å². The topological polar surface area (TPSA) is 49.4 Å². The summed E-state index contributed by atoms with van der Waals surface area (Å²) in [6.07, 6.45) is 1.50. The van der Waals surface area contributed by atoms with Gasteiger partial charge in [0.2, 0.25) is 11.8 Å². The van der Waals surface area contributed by atoms with Gasteiger partial charge in [0.05, 0.1) is 22.5 Å². The lowest BCUT2D eigenvalue weighted by Gasteiger charge is -2.29. The average molecular weight is 355 g/mol. The lowest BCUT2D eigenvalue weighted by Crippen LogP contribution is -2.37. The van der Waals surface area contributed by atoms with Crippen LogP contribution in [0, 0.1) is 11.8 Å². The van der Waals surface area contributed by atoms with Gasteiger partial charge in [-0.15, -0.1) is 0 Å². The number of carbonyl (C=O) groups excluding carboxylic acids is 2. The molecule has 128 valence electrons. The Bertz CT molecular complexity index is 836. The molecule has 2 aliphatic rings. The van der Waals surface area contributed by atoms with Crippen LogP contribution in [0.3, 0.4) is 0 Å². The second-order valence-corrected chi connectivity index (χ2v) is 7.10. The van der Waals surface area contributed by atoms with Crippen LogP contribution >= 0.6 is 11.6 Å². The fourth-order valence-electron chi connectivity index (χ4n) is 3.46. The second-order valence-electron chi connectivity index (χ2n) is 6.70. The maximum Gasteiger partial charge on any atom is 0.228 e. The Morgan fingerprint density at radius 2 is 1.72 bits per heavy atom. The maximum atomic E-state index is 12.7. The summed E-state index contributed by atoms with van der Waals surface area (Å²) in [6, 6.07) is 15.4. The smallest absolute Gasteiger partial charge is 0.228 e. The molecule has 25 heavy (non-hydrogen) atoms. The number of hydrogen-bond donors (Lipinski definition) is 1. The number of benzene rings is 2. The van der Waals surface area contributed by atoms with Gasteiger partial charge in [0.15, 0.2) is 0 Å². The van der Waals surface area contributed by atoms with Gasteiger partial charge in [-0.25, -0.2) is 0 Å². The molecule has 0 spiro atoms. The van der Waals surface area contributed by atoms with Crippen LogP contribution in [0.15, 0.2) is 48.5 Å². The summed E-state index contributed by atoms with van der Waals surface area (Å²) < 4.78 is 0. The van der Waals surface area contributed by atoms with Crippen LogP contribution < -0.4 is 5.32 Å². The summed E-state index contributed by atoms with van der Waals surface area (Å²) in [4.78, 5) is 27.0. The highest BCUT2D eigenvalue weighted by atomic mass is 35.5. The summed E-state index contributed by atoms with van der Waals surface area (Å²) in [6.45, 7) is 1.37. The highest BCUT2D eigenvalue weighted by molar-refractivity contribution is 6.33. The Labute approximate surface area is 151 Å². The predicted molar refractivity (Wildman–Crippen MR) is 97.2 cm³/mol. The zero-order chi connectivity index (χ0) is 17.4. The second kappa shape index (κ2) is 6.52. The Morgan fingerprint density at radius 3 is 2.52 bits per heavy atom. The molecule has 2 aromatic rings. The van der Waals surface area contributed by atoms with Crippen LogP contribution in [0.2, 0.25) is 5.02 Å². The van der Waals surface area contributed by atoms with Crippen molar-refractivity contribution in [1.82, 2.24) is 4.90 Å². The highest BCUT2D eigenvalue weighted by Crippen LogP contribution is 2.42. The maximum absolute atomic E-state index is 12.7. The lowest BCUT2D eigenvalue weighted by atomic mass is 9.99. The number of carbonyl (C=O) groups is 2. The number of anilines is 1. The summed E-state index contributed by atoms with van der Waals surface area (Å²) in [5.74, 6) is -0.480. The monoisotopic (exact) mass is 354 g/mol. The van der Waals surface area contributed by atoms with E-state index in [4.69, 9.17) is 11.6 Å². The van der Waals surface area contributed by atoms with Crippen LogP contribution in [-0.4, -0.2) is 23.3 Å². The third-order valence-corrected chi connectivity index (χ3v) is 5.35. The van der Waals surface area contributed by atoms with Crippen molar-refractivity contribution in [3.63, 3.8) is 0 Å². The van der Waals surface area contributed by atoms with E-state index in [1.165, 1.54) is 11.1 Å². The van der Waals surface area contributed by atoms with E-state index in [9.17, 15) is 9.59 Å². The highest BCUT2D eigenvalue weighted by Gasteiger charge is 2.49. The van der Waals surface area contributed by atoms with Crippen molar-refractivity contribution in [1.29, 1.82) is 0 Å². The summed E-state index contributed by atoms with van der Waals surface area (Å²) in [5, 5.41) is 3.34. The van der Waals surface area contributed by atoms with Crippen LogP contribution in [0.25, 0.3) is 0 Å². The van der Waals surface area contributed by atoms with Gasteiger partial charge in [-0.1, -0.05) is 48.0 Å². The van der Waals surface area contributed by atoms with Gasteiger partial charge >= 0.3 is 0 Å². The van der Waals surface area contributed by atoms with Crippen molar-refractivity contribution < 1.29 is 9.59 Å². The third kappa shape index (κ3) is 3.27. The van der Waals surface area contributed by atoms with E-state index < -0.39 is 0 Å². The normalized spacial score (nSPS) is 21.4. The number of fused-ring (bicyclic) bond motifs is 1. The van der Waals surface area contributed by atoms with Crippen molar-refractivity contribution in [3.05, 3.63) is 64.7 Å². The molecular weight excluding hydrogens is 336 g/mol. The molecule has 2 aromatic carbocycles. The molecule has 2 atom stereocenters. The molecule has 1 aliphatic carbocycles. The van der Waals surface area contributed by atoms with Gasteiger partial charge in [0.1, 0.15) is 0 Å². The Hall–Kier alpha value is -2.33. The minimum atomic E-state index is -0.249. The number of nitrogens with zero attached hydrogens (tertiary/aromatic N) is 1. The van der Waals surface area contributed by atoms with Crippen molar-refractivity contribution in [2.75, 3.05) is 11.9 Å². The van der Waals surface area contributed by atoms with E-state index in [0.717, 1.165) is 13.0 Å². The first-order chi connectivity index (χ1) is 12.1. The van der Waals surface area contributed by atoms with Gasteiger partial charge in [-0.05, 0) is 36.1 Å². The first-order valence-electron chi connectivity index (χ1n) is 8.54. The van der Waals surface area contributed by atoms with E-state index in [1.807, 2.05) is 29.2 Å². The van der Waals surface area contributed by atoms with Crippen molar-refractivity contribution >= 4 is 29.1 Å². The van der Waals surface area contributed by atoms with Gasteiger partial charge in [0, 0.05) is 13.1 Å². The van der Waals surface area contributed by atoms with E-state index >= 15 is 0 Å². The minimum Gasteiger partial charge on any atom is -0.338 e. The molecule has 1 aliphatic heterocycles. The number of rotatable bonds is 3. The molecule has 4 nitrogen and oxygen atoms in total. The molecular formula is C20H19ClN2O2. The lowest BCUT2D eigenvalue weighted by molar-refractivity contribution is -0.135. The molecule has 2 unspecified atom stereocenters. The van der Waals surface area contributed by atoms with Crippen LogP contribution in [0.1, 0.15) is 17.5 Å². The molecule has 4 rings (SSSR count). The largest absolute Gasteiger partial charge is 0.338 e. The average Bonchev–Trinajstić information content (AvgIpc) is 3.43. The Morgan fingerprint density at radius 1 is 1.00 bits per heavy atom. The fourth-order valence-corrected chi connectivity index (χ4v) is 3.65. The minimum absolute atomic E-state index is 0.0915. The van der Waals surface area contributed by atoms with Gasteiger partial charge in [-0.2, -0.15) is 0 Å². The molecule has 1 heterocycles. The quantitative estimate of drug-likeness (QED) is 0.917. The first-order valence-corrected chi connectivity index (χ1v) is 8.92. The Kier molecular flexibility index (Phi) is 4.22. The number of hydrogen-bond acceptors (Lipinski definition) is 2. The summed E-state index contributed by atoms with van der Waals surface area (Å²) in [5.41, 5.74) is 3.12. The van der Waals surface area contributed by atoms with Crippen LogP contribution in [0.4, 0.5) is 5.69 Å². The molecule has 1 saturated carbocycles. The van der Waals surface area contributed by atoms with Crippen molar-refractivity contribution in [2.24, 2.45) is 11.8 Å². The Balaban J connectivity index is 1.37. The van der Waals surface area contributed by atoms with E-state index in [0.29, 0.717) is 23.7 Å². The molecule has 1 fully saturated rings. The van der Waals surface area contributed by atoms with Crippen molar-refractivity contribution in [2.45, 2.75) is 19.4 Å². The number of halogens is 1. The zero-order valence-corrected chi connectivity index (χ0v) is 14.5. The first kappa shape index (κ1) is 16.2. The van der Waals surface area contributed by atoms with E-state index in [1.54, 1.807) is 12.1 Å². The SMILES string of the molecule is O=C(Nc1ccccc1Cl)C1CC1C(=O)N1CCc2ccccc2C1. The van der Waals surface area contributed by atoms with Crippen LogP contribution in [0.5, 0.6) is 0 Å². The fraction of sp³-hybridized carbons (Fsp3) is 0.300. The van der Waals surface area contributed by atoms with Crippen LogP contribution in [-0.2, 0) is 22.6 Å². The molecule has 5 heteroatoms. The molecule has 0 saturated heterocycles. The molecule has 1 N–H and O–H groups in total. The number of nitrogens with one attached hydrogen (secondary N) is 1. The standard InChI is InChI=1S/C20H19ClN2O2/c21-17-7-3-4-8-18(17)22-19(24)15-11-16(15)20(25)23-10-9-13-5-1-2-6-14(13)12-23/h1-8,15-16H,9-12H2,(H,22,24). The number of amides is 2.